The highest BCUT2D eigenvalue weighted by molar-refractivity contribution is 7.89. The summed E-state index contributed by atoms with van der Waals surface area (Å²) in [6.45, 7) is 5.35. The Morgan fingerprint density at radius 1 is 1.42 bits per heavy atom. The molecule has 1 heterocycles. The normalized spacial score (nSPS) is 19.2. The molecule has 0 aromatic heterocycles. The molecule has 1 amide bonds. The molecule has 0 aliphatic carbocycles. The largest absolute Gasteiger partial charge is 0.352 e. The molecular weight excluding hydrogens is 331 g/mol. The number of amides is 1. The highest BCUT2D eigenvalue weighted by atomic mass is 32.2. The first-order valence-electron chi connectivity index (χ1n) is 8.44. The van der Waals surface area contributed by atoms with E-state index in [0.717, 1.165) is 37.8 Å². The molecule has 134 valence electrons. The average Bonchev–Trinajstić information content (AvgIpc) is 2.55. The molecule has 0 spiro atoms. The first kappa shape index (κ1) is 18.9. The Morgan fingerprint density at radius 2 is 2.17 bits per heavy atom. The van der Waals surface area contributed by atoms with Gasteiger partial charge in [0.1, 0.15) is 5.82 Å². The van der Waals surface area contributed by atoms with Gasteiger partial charge in [-0.2, -0.15) is 4.31 Å². The molecule has 1 aliphatic heterocycles. The van der Waals surface area contributed by atoms with E-state index in [9.17, 15) is 17.6 Å². The number of rotatable bonds is 6. The first-order chi connectivity index (χ1) is 11.4. The van der Waals surface area contributed by atoms with Gasteiger partial charge in [-0.1, -0.05) is 20.3 Å². The highest BCUT2D eigenvalue weighted by Gasteiger charge is 2.29. The molecule has 1 aromatic rings. The lowest BCUT2D eigenvalue weighted by Crippen LogP contribution is -2.39. The summed E-state index contributed by atoms with van der Waals surface area (Å²) in [7, 11) is -3.71. The predicted molar refractivity (Wildman–Crippen MR) is 90.8 cm³/mol. The molecule has 0 unspecified atom stereocenters. The van der Waals surface area contributed by atoms with Crippen molar-refractivity contribution in [3.63, 3.8) is 0 Å². The molecule has 0 bridgehead atoms. The maximum absolute atomic E-state index is 14.0. The third kappa shape index (κ3) is 4.33. The molecule has 1 saturated heterocycles. The van der Waals surface area contributed by atoms with Crippen LogP contribution in [0, 0.1) is 11.7 Å². The van der Waals surface area contributed by atoms with Crippen molar-refractivity contribution < 1.29 is 17.6 Å². The van der Waals surface area contributed by atoms with E-state index < -0.39 is 21.7 Å². The van der Waals surface area contributed by atoms with Crippen LogP contribution in [0.25, 0.3) is 0 Å². The summed E-state index contributed by atoms with van der Waals surface area (Å²) >= 11 is 0. The lowest BCUT2D eigenvalue weighted by molar-refractivity contribution is 0.0949. The standard InChI is InChI=1S/C17H25FN2O3S/c1-3-4-9-19-17(21)15-11-14(7-8-16(15)18)24(22,23)20-10-5-6-13(2)12-20/h7-8,11,13H,3-6,9-10,12H2,1-2H3,(H,19,21)/t13-/m1/s1. The second kappa shape index (κ2) is 8.07. The Hall–Kier alpha value is -1.47. The van der Waals surface area contributed by atoms with Crippen LogP contribution in [0.15, 0.2) is 23.1 Å². The van der Waals surface area contributed by atoms with Crippen LogP contribution in [-0.4, -0.2) is 38.3 Å². The van der Waals surface area contributed by atoms with Gasteiger partial charge in [-0.3, -0.25) is 4.79 Å². The fourth-order valence-electron chi connectivity index (χ4n) is 2.83. The van der Waals surface area contributed by atoms with E-state index in [1.54, 1.807) is 0 Å². The summed E-state index contributed by atoms with van der Waals surface area (Å²) in [5, 5.41) is 2.62. The summed E-state index contributed by atoms with van der Waals surface area (Å²) in [5.74, 6) is -0.995. The van der Waals surface area contributed by atoms with Crippen LogP contribution < -0.4 is 5.32 Å². The van der Waals surface area contributed by atoms with Crippen LogP contribution in [0.5, 0.6) is 0 Å². The van der Waals surface area contributed by atoms with Crippen molar-refractivity contribution in [3.05, 3.63) is 29.6 Å². The van der Waals surface area contributed by atoms with E-state index in [4.69, 9.17) is 0 Å². The number of piperidine rings is 1. The van der Waals surface area contributed by atoms with E-state index in [0.29, 0.717) is 25.6 Å². The summed E-state index contributed by atoms with van der Waals surface area (Å²) < 4.78 is 40.9. The summed E-state index contributed by atoms with van der Waals surface area (Å²) in [6.07, 6.45) is 3.51. The molecule has 5 nitrogen and oxygen atoms in total. The van der Waals surface area contributed by atoms with Crippen LogP contribution in [0.1, 0.15) is 49.9 Å². The SMILES string of the molecule is CCCCNC(=O)c1cc(S(=O)(=O)N2CCC[C@@H](C)C2)ccc1F. The van der Waals surface area contributed by atoms with Crippen molar-refractivity contribution in [1.29, 1.82) is 0 Å². The number of carbonyl (C=O) groups excluding carboxylic acids is 1. The lowest BCUT2D eigenvalue weighted by atomic mass is 10.0. The van der Waals surface area contributed by atoms with Gasteiger partial charge in [0.2, 0.25) is 10.0 Å². The van der Waals surface area contributed by atoms with Crippen molar-refractivity contribution in [2.24, 2.45) is 5.92 Å². The first-order valence-corrected chi connectivity index (χ1v) is 9.88. The Bertz CT molecular complexity index is 691. The Labute approximate surface area is 143 Å². The smallest absolute Gasteiger partial charge is 0.254 e. The third-order valence-electron chi connectivity index (χ3n) is 4.26. The maximum Gasteiger partial charge on any atom is 0.254 e. The minimum Gasteiger partial charge on any atom is -0.352 e. The third-order valence-corrected chi connectivity index (χ3v) is 6.12. The zero-order chi connectivity index (χ0) is 17.7. The van der Waals surface area contributed by atoms with E-state index in [-0.39, 0.29) is 10.5 Å². The average molecular weight is 356 g/mol. The molecular formula is C17H25FN2O3S. The number of nitrogens with zero attached hydrogens (tertiary/aromatic N) is 1. The molecule has 1 atom stereocenters. The molecule has 1 aliphatic rings. The Kier molecular flexibility index (Phi) is 6.34. The van der Waals surface area contributed by atoms with Gasteiger partial charge in [0, 0.05) is 19.6 Å². The molecule has 0 radical (unpaired) electrons. The fourth-order valence-corrected chi connectivity index (χ4v) is 4.45. The summed E-state index contributed by atoms with van der Waals surface area (Å²) in [6, 6.07) is 3.42. The van der Waals surface area contributed by atoms with Crippen molar-refractivity contribution in [3.8, 4) is 0 Å². The van der Waals surface area contributed by atoms with Crippen LogP contribution in [0.4, 0.5) is 4.39 Å². The number of hydrogen-bond donors (Lipinski definition) is 1. The second-order valence-electron chi connectivity index (χ2n) is 6.36. The predicted octanol–water partition coefficient (Wildman–Crippen LogP) is 2.78. The fraction of sp³-hybridized carbons (Fsp3) is 0.588. The highest BCUT2D eigenvalue weighted by Crippen LogP contribution is 2.24. The van der Waals surface area contributed by atoms with Crippen molar-refractivity contribution in [2.45, 2.75) is 44.4 Å². The monoisotopic (exact) mass is 356 g/mol. The topological polar surface area (TPSA) is 66.5 Å². The van der Waals surface area contributed by atoms with Crippen LogP contribution in [0.2, 0.25) is 0 Å². The summed E-state index contributed by atoms with van der Waals surface area (Å²) in [4.78, 5) is 12.1. The Balaban J connectivity index is 2.24. The molecule has 1 N–H and O–H groups in total. The van der Waals surface area contributed by atoms with Gasteiger partial charge < -0.3 is 5.32 Å². The number of nitrogens with one attached hydrogen (secondary N) is 1. The van der Waals surface area contributed by atoms with Crippen LogP contribution >= 0.6 is 0 Å². The van der Waals surface area contributed by atoms with E-state index in [2.05, 4.69) is 5.32 Å². The quantitative estimate of drug-likeness (QED) is 0.797. The van der Waals surface area contributed by atoms with Gasteiger partial charge in [-0.15, -0.1) is 0 Å². The molecule has 1 fully saturated rings. The lowest BCUT2D eigenvalue weighted by Gasteiger charge is -2.30. The number of hydrogen-bond acceptors (Lipinski definition) is 3. The minimum absolute atomic E-state index is 0.0290. The van der Waals surface area contributed by atoms with Crippen molar-refractivity contribution >= 4 is 15.9 Å². The van der Waals surface area contributed by atoms with Gasteiger partial charge in [-0.05, 0) is 43.4 Å². The Morgan fingerprint density at radius 3 is 2.83 bits per heavy atom. The van der Waals surface area contributed by atoms with Gasteiger partial charge in [-0.25, -0.2) is 12.8 Å². The van der Waals surface area contributed by atoms with Gasteiger partial charge in [0.15, 0.2) is 0 Å². The number of carbonyl (C=O) groups is 1. The maximum atomic E-state index is 14.0. The summed E-state index contributed by atoms with van der Waals surface area (Å²) in [5.41, 5.74) is -0.225. The molecule has 0 saturated carbocycles. The molecule has 2 rings (SSSR count). The minimum atomic E-state index is -3.71. The van der Waals surface area contributed by atoms with Crippen LogP contribution in [0.3, 0.4) is 0 Å². The number of halogens is 1. The van der Waals surface area contributed by atoms with Crippen LogP contribution in [-0.2, 0) is 10.0 Å². The van der Waals surface area contributed by atoms with E-state index in [1.165, 1.54) is 10.4 Å². The van der Waals surface area contributed by atoms with E-state index in [1.807, 2.05) is 13.8 Å². The molecule has 24 heavy (non-hydrogen) atoms. The zero-order valence-corrected chi connectivity index (χ0v) is 15.0. The second-order valence-corrected chi connectivity index (χ2v) is 8.30. The number of sulfonamides is 1. The van der Waals surface area contributed by atoms with Gasteiger partial charge >= 0.3 is 0 Å². The zero-order valence-electron chi connectivity index (χ0n) is 14.2. The number of benzene rings is 1. The molecule has 1 aromatic carbocycles. The molecule has 7 heteroatoms. The van der Waals surface area contributed by atoms with E-state index >= 15 is 0 Å². The van der Waals surface area contributed by atoms with Crippen molar-refractivity contribution in [1.82, 2.24) is 9.62 Å². The number of unbranched alkanes of at least 4 members (excludes halogenated alkanes) is 1. The van der Waals surface area contributed by atoms with Gasteiger partial charge in [0.05, 0.1) is 10.5 Å². The van der Waals surface area contributed by atoms with Crippen molar-refractivity contribution in [2.75, 3.05) is 19.6 Å². The van der Waals surface area contributed by atoms with Gasteiger partial charge in [0.25, 0.3) is 5.91 Å².